The molecule has 2 bridgehead atoms. The van der Waals surface area contributed by atoms with Crippen LogP contribution in [0.1, 0.15) is 46.5 Å². The highest BCUT2D eigenvalue weighted by Gasteiger charge is 2.77. The predicted molar refractivity (Wildman–Crippen MR) is 100 cm³/mol. The molecule has 2 spiro atoms. The van der Waals surface area contributed by atoms with Gasteiger partial charge in [-0.3, -0.25) is 14.4 Å². The van der Waals surface area contributed by atoms with Crippen molar-refractivity contribution in [2.24, 2.45) is 34.0 Å². The molecular formula is C22H28O7. The van der Waals surface area contributed by atoms with Crippen LogP contribution >= 0.6 is 0 Å². The Kier molecular flexibility index (Phi) is 4.36. The van der Waals surface area contributed by atoms with Gasteiger partial charge in [0.05, 0.1) is 11.5 Å². The summed E-state index contributed by atoms with van der Waals surface area (Å²) in [7, 11) is 0. The second-order valence-electron chi connectivity index (χ2n) is 9.83. The molecule has 29 heavy (non-hydrogen) atoms. The maximum atomic E-state index is 13.3. The first-order valence-electron chi connectivity index (χ1n) is 10.3. The van der Waals surface area contributed by atoms with Gasteiger partial charge in [-0.05, 0) is 42.6 Å². The molecule has 7 nitrogen and oxygen atoms in total. The van der Waals surface area contributed by atoms with E-state index in [4.69, 9.17) is 9.47 Å². The van der Waals surface area contributed by atoms with Gasteiger partial charge in [0.2, 0.25) is 0 Å². The molecule has 4 fully saturated rings. The average molecular weight is 404 g/mol. The van der Waals surface area contributed by atoms with Gasteiger partial charge in [0.25, 0.3) is 0 Å². The molecule has 3 aliphatic carbocycles. The van der Waals surface area contributed by atoms with E-state index in [0.29, 0.717) is 25.7 Å². The van der Waals surface area contributed by atoms with E-state index >= 15 is 0 Å². The van der Waals surface area contributed by atoms with E-state index in [9.17, 15) is 24.3 Å². The number of rotatable bonds is 2. The van der Waals surface area contributed by atoms with Crippen molar-refractivity contribution >= 4 is 24.0 Å². The number of esters is 2. The number of Topliss-reactive ketones (excluding diaryl/α,β-unsaturated/α-hetero) is 1. The van der Waals surface area contributed by atoms with Crippen LogP contribution in [0.15, 0.2) is 12.2 Å². The number of cyclic esters (lactones) is 1. The molecule has 1 aliphatic heterocycles. The van der Waals surface area contributed by atoms with Crippen molar-refractivity contribution in [3.63, 3.8) is 0 Å². The molecule has 1 N–H and O–H groups in total. The van der Waals surface area contributed by atoms with Gasteiger partial charge in [0, 0.05) is 18.8 Å². The van der Waals surface area contributed by atoms with E-state index in [-0.39, 0.29) is 12.2 Å². The van der Waals surface area contributed by atoms with Gasteiger partial charge in [-0.15, -0.1) is 0 Å². The maximum absolute atomic E-state index is 13.3. The van der Waals surface area contributed by atoms with Crippen molar-refractivity contribution < 1.29 is 33.8 Å². The number of hydrogen-bond acceptors (Lipinski definition) is 7. The normalized spacial score (nSPS) is 45.5. The number of aldehydes is 1. The second-order valence-corrected chi connectivity index (χ2v) is 9.83. The number of aliphatic hydroxyl groups excluding tert-OH is 1. The number of carbonyl (C=O) groups is 4. The Morgan fingerprint density at radius 2 is 1.97 bits per heavy atom. The molecule has 1 heterocycles. The molecular weight excluding hydrogens is 376 g/mol. The summed E-state index contributed by atoms with van der Waals surface area (Å²) in [6, 6.07) is 0. The monoisotopic (exact) mass is 404 g/mol. The van der Waals surface area contributed by atoms with Crippen molar-refractivity contribution in [1.82, 2.24) is 0 Å². The number of ketones is 1. The Balaban J connectivity index is 1.95. The Bertz CT molecular complexity index is 814. The van der Waals surface area contributed by atoms with Crippen molar-refractivity contribution in [1.29, 1.82) is 0 Å². The first kappa shape index (κ1) is 20.3. The largest absolute Gasteiger partial charge is 0.464 e. The third-order valence-corrected chi connectivity index (χ3v) is 8.23. The molecule has 0 aromatic carbocycles. The van der Waals surface area contributed by atoms with Gasteiger partial charge in [0.15, 0.2) is 11.2 Å². The molecule has 0 aromatic heterocycles. The van der Waals surface area contributed by atoms with Crippen molar-refractivity contribution in [2.75, 3.05) is 6.61 Å². The lowest BCUT2D eigenvalue weighted by Crippen LogP contribution is -2.71. The molecule has 3 saturated carbocycles. The fraction of sp³-hybridized carbons (Fsp3) is 0.727. The summed E-state index contributed by atoms with van der Waals surface area (Å²) in [4.78, 5) is 50.7. The van der Waals surface area contributed by atoms with Gasteiger partial charge in [-0.2, -0.15) is 0 Å². The Morgan fingerprint density at radius 1 is 1.28 bits per heavy atom. The highest BCUT2D eigenvalue weighted by molar-refractivity contribution is 6.16. The van der Waals surface area contributed by atoms with Gasteiger partial charge in [0.1, 0.15) is 19.0 Å². The zero-order chi connectivity index (χ0) is 21.4. The molecule has 1 unspecified atom stereocenters. The number of carbonyl (C=O) groups excluding carboxylic acids is 4. The topological polar surface area (TPSA) is 107 Å². The minimum atomic E-state index is -1.77. The molecule has 7 atom stereocenters. The summed E-state index contributed by atoms with van der Waals surface area (Å²) in [6.07, 6.45) is 1.04. The molecule has 158 valence electrons. The molecule has 0 amide bonds. The van der Waals surface area contributed by atoms with Gasteiger partial charge in [-0.1, -0.05) is 20.4 Å². The van der Waals surface area contributed by atoms with E-state index in [1.807, 2.05) is 13.8 Å². The zero-order valence-corrected chi connectivity index (χ0v) is 17.1. The first-order chi connectivity index (χ1) is 13.5. The van der Waals surface area contributed by atoms with Gasteiger partial charge >= 0.3 is 11.9 Å². The van der Waals surface area contributed by atoms with Crippen LogP contribution < -0.4 is 0 Å². The van der Waals surface area contributed by atoms with Crippen LogP contribution in [0.3, 0.4) is 0 Å². The molecule has 0 radical (unpaired) electrons. The smallest absolute Gasteiger partial charge is 0.323 e. The van der Waals surface area contributed by atoms with Gasteiger partial charge in [-0.25, -0.2) is 0 Å². The van der Waals surface area contributed by atoms with E-state index in [1.54, 1.807) is 0 Å². The van der Waals surface area contributed by atoms with E-state index in [2.05, 4.69) is 6.58 Å². The summed E-state index contributed by atoms with van der Waals surface area (Å²) in [5, 5.41) is 11.1. The van der Waals surface area contributed by atoms with Crippen LogP contribution in [0.4, 0.5) is 0 Å². The van der Waals surface area contributed by atoms with Crippen molar-refractivity contribution in [3.8, 4) is 0 Å². The highest BCUT2D eigenvalue weighted by Crippen LogP contribution is 2.68. The number of aliphatic hydroxyl groups is 1. The lowest BCUT2D eigenvalue weighted by atomic mass is 9.43. The van der Waals surface area contributed by atoms with E-state index in [0.717, 1.165) is 6.29 Å². The Labute approximate surface area is 169 Å². The van der Waals surface area contributed by atoms with Crippen LogP contribution in [0.5, 0.6) is 0 Å². The fourth-order valence-corrected chi connectivity index (χ4v) is 6.96. The molecule has 1 saturated heterocycles. The van der Waals surface area contributed by atoms with Crippen LogP contribution in [-0.2, 0) is 28.7 Å². The minimum absolute atomic E-state index is 0.111. The number of fused-ring (bicyclic) bond motifs is 2. The fourth-order valence-electron chi connectivity index (χ4n) is 6.96. The summed E-state index contributed by atoms with van der Waals surface area (Å²) in [5.74, 6) is -3.47. The van der Waals surface area contributed by atoms with E-state index in [1.165, 1.54) is 6.92 Å². The molecule has 4 aliphatic rings. The molecule has 4 rings (SSSR count). The number of hydrogen-bond donors (Lipinski definition) is 1. The highest BCUT2D eigenvalue weighted by atomic mass is 16.6. The minimum Gasteiger partial charge on any atom is -0.464 e. The van der Waals surface area contributed by atoms with Crippen molar-refractivity contribution in [2.45, 2.75) is 58.7 Å². The maximum Gasteiger partial charge on any atom is 0.323 e. The third kappa shape index (κ3) is 2.28. The van der Waals surface area contributed by atoms with Crippen LogP contribution in [0.2, 0.25) is 0 Å². The quantitative estimate of drug-likeness (QED) is 0.322. The average Bonchev–Trinajstić information content (AvgIpc) is 2.75. The predicted octanol–water partition coefficient (Wildman–Crippen LogP) is 1.61. The Hall–Kier alpha value is -2.02. The van der Waals surface area contributed by atoms with Gasteiger partial charge < -0.3 is 19.4 Å². The summed E-state index contributed by atoms with van der Waals surface area (Å²) in [6.45, 7) is 8.98. The summed E-state index contributed by atoms with van der Waals surface area (Å²) in [5.41, 5.74) is -3.03. The van der Waals surface area contributed by atoms with E-state index < -0.39 is 63.9 Å². The first-order valence-corrected chi connectivity index (χ1v) is 10.3. The lowest BCUT2D eigenvalue weighted by molar-refractivity contribution is -0.250. The molecule has 7 heteroatoms. The third-order valence-electron chi connectivity index (χ3n) is 8.23. The standard InChI is InChI=1S/C22H28O7/c1-11-13-5-6-14-21(10-28-19(27)22(14,17(11)25)18(13)26)15(9-23)20(3,4)8-7-16(21)29-12(2)24/h9,13-16,18,26H,1,5-8,10H2,2-4H3/t13-,14?,15+,16-,18+,21-,22-/m0/s1. The summed E-state index contributed by atoms with van der Waals surface area (Å²) < 4.78 is 11.3. The van der Waals surface area contributed by atoms with Crippen molar-refractivity contribution in [3.05, 3.63) is 12.2 Å². The lowest BCUT2D eigenvalue weighted by Gasteiger charge is -2.62. The zero-order valence-electron chi connectivity index (χ0n) is 17.1. The molecule has 0 aromatic rings. The summed E-state index contributed by atoms with van der Waals surface area (Å²) >= 11 is 0. The number of ether oxygens (including phenoxy) is 2. The second kappa shape index (κ2) is 6.24. The van der Waals surface area contributed by atoms with Crippen LogP contribution in [0, 0.1) is 34.0 Å². The SMILES string of the molecule is C=C1C(=O)[C@@]23C(=O)OC[C@@]4(C2CC[C@@H]1[C@H]3O)[C@@H](OC(C)=O)CCC(C)(C)[C@H]4C=O. The Morgan fingerprint density at radius 3 is 2.59 bits per heavy atom. The van der Waals surface area contributed by atoms with Crippen LogP contribution in [-0.4, -0.2) is 47.9 Å². The van der Waals surface area contributed by atoms with Crippen LogP contribution in [0.25, 0.3) is 0 Å².